The predicted octanol–water partition coefficient (Wildman–Crippen LogP) is 3.93. The first-order valence-corrected chi connectivity index (χ1v) is 7.92. The number of fused-ring (bicyclic) bond motifs is 4. The minimum Gasteiger partial charge on any atom is -0.497 e. The molecular formula is C18H13NO3S. The molecule has 2 aromatic rings. The van der Waals surface area contributed by atoms with Gasteiger partial charge in [-0.15, -0.1) is 11.3 Å². The van der Waals surface area contributed by atoms with E-state index in [-0.39, 0.29) is 5.43 Å². The third-order valence-corrected chi connectivity index (χ3v) is 5.00. The van der Waals surface area contributed by atoms with Crippen LogP contribution < -0.4 is 14.9 Å². The molecule has 4 nitrogen and oxygen atoms in total. The van der Waals surface area contributed by atoms with Gasteiger partial charge in [0, 0.05) is 10.8 Å². The van der Waals surface area contributed by atoms with Crippen LogP contribution in [-0.2, 0) is 0 Å². The first kappa shape index (κ1) is 14.0. The van der Waals surface area contributed by atoms with Crippen LogP contribution in [0, 0.1) is 0 Å². The van der Waals surface area contributed by atoms with E-state index in [1.165, 1.54) is 18.4 Å². The first-order chi connectivity index (χ1) is 11.2. The summed E-state index contributed by atoms with van der Waals surface area (Å²) in [5.74, 6) is 1.11. The monoisotopic (exact) mass is 323 g/mol. The van der Waals surface area contributed by atoms with Crippen LogP contribution in [-0.4, -0.2) is 19.2 Å². The van der Waals surface area contributed by atoms with Crippen molar-refractivity contribution >= 4 is 32.3 Å². The SMILES string of the molecule is COc1ccc2nc3c4ccccc4c(=O)c(OC)c-3sc2c1. The Hall–Kier alpha value is -2.66. The highest BCUT2D eigenvalue weighted by atomic mass is 32.1. The molecular weight excluding hydrogens is 310 g/mol. The molecule has 2 aliphatic rings. The lowest BCUT2D eigenvalue weighted by molar-refractivity contribution is 0.414. The summed E-state index contributed by atoms with van der Waals surface area (Å²) < 4.78 is 11.6. The van der Waals surface area contributed by atoms with E-state index in [4.69, 9.17) is 14.5 Å². The maximum Gasteiger partial charge on any atom is 0.229 e. The summed E-state index contributed by atoms with van der Waals surface area (Å²) in [6.45, 7) is 0. The van der Waals surface area contributed by atoms with Gasteiger partial charge in [-0.05, 0) is 18.2 Å². The van der Waals surface area contributed by atoms with Gasteiger partial charge >= 0.3 is 0 Å². The third-order valence-electron chi connectivity index (χ3n) is 3.87. The largest absolute Gasteiger partial charge is 0.497 e. The maximum absolute atomic E-state index is 12.7. The zero-order chi connectivity index (χ0) is 16.0. The van der Waals surface area contributed by atoms with Crippen LogP contribution in [0.2, 0.25) is 0 Å². The summed E-state index contributed by atoms with van der Waals surface area (Å²) in [6.07, 6.45) is 0. The van der Waals surface area contributed by atoms with Crippen molar-refractivity contribution < 1.29 is 9.47 Å². The number of rotatable bonds is 2. The van der Waals surface area contributed by atoms with Gasteiger partial charge in [-0.1, -0.05) is 24.3 Å². The van der Waals surface area contributed by atoms with Crippen LogP contribution in [0.3, 0.4) is 0 Å². The molecule has 1 heterocycles. The molecule has 0 amide bonds. The summed E-state index contributed by atoms with van der Waals surface area (Å²) in [5.41, 5.74) is 1.56. The molecule has 0 atom stereocenters. The lowest BCUT2D eigenvalue weighted by atomic mass is 10.0. The maximum atomic E-state index is 12.7. The van der Waals surface area contributed by atoms with Gasteiger partial charge in [0.15, 0.2) is 5.75 Å². The number of aromatic nitrogens is 1. The molecule has 0 radical (unpaired) electrons. The Bertz CT molecular complexity index is 1070. The smallest absolute Gasteiger partial charge is 0.229 e. The minimum absolute atomic E-state index is 0.101. The predicted molar refractivity (Wildman–Crippen MR) is 93.1 cm³/mol. The van der Waals surface area contributed by atoms with Gasteiger partial charge in [0.05, 0.1) is 30.1 Å². The molecule has 5 heteroatoms. The summed E-state index contributed by atoms with van der Waals surface area (Å²) in [4.78, 5) is 18.2. The second kappa shape index (κ2) is 5.21. The first-order valence-electron chi connectivity index (χ1n) is 7.10. The van der Waals surface area contributed by atoms with Gasteiger partial charge in [-0.2, -0.15) is 0 Å². The molecule has 0 spiro atoms. The molecule has 0 unspecified atom stereocenters. The Labute approximate surface area is 136 Å². The van der Waals surface area contributed by atoms with Crippen LogP contribution >= 0.6 is 11.3 Å². The third kappa shape index (κ3) is 2.04. The fraction of sp³-hybridized carbons (Fsp3) is 0.111. The Morgan fingerprint density at radius 2 is 1.78 bits per heavy atom. The van der Waals surface area contributed by atoms with Crippen LogP contribution in [0.1, 0.15) is 0 Å². The molecule has 0 N–H and O–H groups in total. The number of methoxy groups -OCH3 is 2. The van der Waals surface area contributed by atoms with E-state index >= 15 is 0 Å². The van der Waals surface area contributed by atoms with E-state index in [2.05, 4.69) is 0 Å². The van der Waals surface area contributed by atoms with Gasteiger partial charge in [0.1, 0.15) is 10.6 Å². The highest BCUT2D eigenvalue weighted by Crippen LogP contribution is 2.40. The minimum atomic E-state index is -0.101. The second-order valence-electron chi connectivity index (χ2n) is 5.13. The average Bonchev–Trinajstić information content (AvgIpc) is 2.60. The number of hydrogen-bond acceptors (Lipinski definition) is 5. The molecule has 23 heavy (non-hydrogen) atoms. The Kier molecular flexibility index (Phi) is 3.16. The molecule has 0 fully saturated rings. The summed E-state index contributed by atoms with van der Waals surface area (Å²) in [5, 5.41) is 1.48. The van der Waals surface area contributed by atoms with Crippen molar-refractivity contribution in [2.75, 3.05) is 14.2 Å². The van der Waals surface area contributed by atoms with Crippen LogP contribution in [0.15, 0.2) is 47.3 Å². The van der Waals surface area contributed by atoms with E-state index in [1.54, 1.807) is 7.11 Å². The molecule has 0 saturated heterocycles. The van der Waals surface area contributed by atoms with Crippen molar-refractivity contribution in [1.82, 2.24) is 4.98 Å². The lowest BCUT2D eigenvalue weighted by Gasteiger charge is -2.13. The van der Waals surface area contributed by atoms with Crippen molar-refractivity contribution in [3.05, 3.63) is 52.7 Å². The second-order valence-corrected chi connectivity index (χ2v) is 6.19. The molecule has 0 bridgehead atoms. The van der Waals surface area contributed by atoms with E-state index in [1.807, 2.05) is 42.5 Å². The van der Waals surface area contributed by atoms with Crippen molar-refractivity contribution in [1.29, 1.82) is 0 Å². The fourth-order valence-electron chi connectivity index (χ4n) is 2.76. The van der Waals surface area contributed by atoms with Gasteiger partial charge in [0.25, 0.3) is 0 Å². The molecule has 2 aromatic carbocycles. The van der Waals surface area contributed by atoms with Crippen molar-refractivity contribution in [3.63, 3.8) is 0 Å². The molecule has 0 aromatic heterocycles. The van der Waals surface area contributed by atoms with E-state index in [0.717, 1.165) is 31.9 Å². The number of benzene rings is 3. The van der Waals surface area contributed by atoms with E-state index < -0.39 is 0 Å². The zero-order valence-electron chi connectivity index (χ0n) is 12.6. The summed E-state index contributed by atoms with van der Waals surface area (Å²) in [6, 6.07) is 13.2. The quantitative estimate of drug-likeness (QED) is 0.414. The molecule has 114 valence electrons. The molecule has 1 aliphatic heterocycles. The van der Waals surface area contributed by atoms with Crippen LogP contribution in [0.4, 0.5) is 0 Å². The van der Waals surface area contributed by atoms with Gasteiger partial charge in [-0.3, -0.25) is 4.79 Å². The number of nitrogens with zero attached hydrogens (tertiary/aromatic N) is 1. The van der Waals surface area contributed by atoms with Gasteiger partial charge in [-0.25, -0.2) is 4.98 Å². The topological polar surface area (TPSA) is 48.4 Å². The zero-order valence-corrected chi connectivity index (χ0v) is 13.4. The highest BCUT2D eigenvalue weighted by molar-refractivity contribution is 7.21. The van der Waals surface area contributed by atoms with E-state index in [9.17, 15) is 4.79 Å². The Balaban J connectivity index is 2.23. The fourth-order valence-corrected chi connectivity index (χ4v) is 3.89. The molecule has 0 saturated carbocycles. The van der Waals surface area contributed by atoms with Crippen molar-refractivity contribution in [2.24, 2.45) is 0 Å². The standard InChI is InChI=1S/C18H13NO3S/c1-21-10-7-8-13-14(9-10)23-18-15(19-13)11-5-3-4-6-12(11)16(20)17(18)22-2/h3-9H,1-2H3. The average molecular weight is 323 g/mol. The van der Waals surface area contributed by atoms with Gasteiger partial charge < -0.3 is 9.47 Å². The normalized spacial score (nSPS) is 11.2. The van der Waals surface area contributed by atoms with Gasteiger partial charge in [0.2, 0.25) is 5.43 Å². The Morgan fingerprint density at radius 1 is 1.00 bits per heavy atom. The van der Waals surface area contributed by atoms with Crippen LogP contribution in [0.25, 0.3) is 31.6 Å². The summed E-state index contributed by atoms with van der Waals surface area (Å²) >= 11 is 1.49. The highest BCUT2D eigenvalue weighted by Gasteiger charge is 2.21. The van der Waals surface area contributed by atoms with E-state index in [0.29, 0.717) is 11.1 Å². The van der Waals surface area contributed by atoms with Crippen LogP contribution in [0.5, 0.6) is 11.5 Å². The lowest BCUT2D eigenvalue weighted by Crippen LogP contribution is -2.09. The Morgan fingerprint density at radius 3 is 2.52 bits per heavy atom. The molecule has 4 rings (SSSR count). The van der Waals surface area contributed by atoms with Crippen molar-refractivity contribution in [2.45, 2.75) is 0 Å². The molecule has 1 aliphatic carbocycles. The number of hydrogen-bond donors (Lipinski definition) is 0. The van der Waals surface area contributed by atoms with Crippen molar-refractivity contribution in [3.8, 4) is 22.1 Å². The summed E-state index contributed by atoms with van der Waals surface area (Å²) in [7, 11) is 3.15. The number of ether oxygens (including phenoxy) is 2.